The van der Waals surface area contributed by atoms with E-state index in [-0.39, 0.29) is 35.7 Å². The van der Waals surface area contributed by atoms with E-state index in [0.29, 0.717) is 25.1 Å². The second-order valence-electron chi connectivity index (χ2n) is 7.44. The van der Waals surface area contributed by atoms with E-state index in [4.69, 9.17) is 4.74 Å². The maximum absolute atomic E-state index is 13.0. The van der Waals surface area contributed by atoms with Crippen LogP contribution in [-0.4, -0.2) is 55.0 Å². The fourth-order valence-corrected chi connectivity index (χ4v) is 5.75. The fraction of sp³-hybridized carbons (Fsp3) is 0.350. The molecule has 2 heterocycles. The molecule has 0 aromatic heterocycles. The Morgan fingerprint density at radius 1 is 1.13 bits per heavy atom. The molecule has 164 valence electrons. The largest absolute Gasteiger partial charge is 0.370 e. The first-order valence-corrected chi connectivity index (χ1v) is 11.3. The van der Waals surface area contributed by atoms with Crippen LogP contribution in [0.4, 0.5) is 16.2 Å². The lowest BCUT2D eigenvalue weighted by Crippen LogP contribution is -2.66. The molecular formula is C20H22N4O6S. The van der Waals surface area contributed by atoms with Gasteiger partial charge in [-0.2, -0.15) is 4.31 Å². The number of urea groups is 1. The van der Waals surface area contributed by atoms with Crippen LogP contribution in [0, 0.1) is 10.1 Å². The van der Waals surface area contributed by atoms with Gasteiger partial charge in [0, 0.05) is 24.8 Å². The van der Waals surface area contributed by atoms with Gasteiger partial charge in [-0.05, 0) is 31.0 Å². The van der Waals surface area contributed by atoms with Crippen LogP contribution in [-0.2, 0) is 14.8 Å². The lowest BCUT2D eigenvalue weighted by Gasteiger charge is -2.50. The number of carbonyl (C=O) groups excluding carboxylic acids is 1. The summed E-state index contributed by atoms with van der Waals surface area (Å²) in [6.07, 6.45) is 0.598. The Bertz CT molecular complexity index is 1080. The Labute approximate surface area is 179 Å². The van der Waals surface area contributed by atoms with Crippen LogP contribution < -0.4 is 10.6 Å². The third-order valence-corrected chi connectivity index (χ3v) is 7.42. The molecule has 0 bridgehead atoms. The van der Waals surface area contributed by atoms with Crippen LogP contribution in [0.5, 0.6) is 0 Å². The molecule has 10 nitrogen and oxygen atoms in total. The SMILES string of the molecule is O=C(NC[C@H]1CC[C@H]2[C@H](CN2S(=O)(=O)c2ccccc2[N+](=O)[O-])O1)Nc1ccccc1. The van der Waals surface area contributed by atoms with E-state index in [1.165, 1.54) is 28.6 Å². The zero-order valence-corrected chi connectivity index (χ0v) is 17.3. The molecule has 2 fully saturated rings. The second-order valence-corrected chi connectivity index (χ2v) is 9.30. The Balaban J connectivity index is 1.32. The van der Waals surface area contributed by atoms with Gasteiger partial charge in [0.25, 0.3) is 5.69 Å². The number of fused-ring (bicyclic) bond motifs is 1. The van der Waals surface area contributed by atoms with Crippen molar-refractivity contribution in [3.8, 4) is 0 Å². The summed E-state index contributed by atoms with van der Waals surface area (Å²) in [6.45, 7) is 0.435. The molecule has 2 aliphatic heterocycles. The van der Waals surface area contributed by atoms with Gasteiger partial charge < -0.3 is 15.4 Å². The summed E-state index contributed by atoms with van der Waals surface area (Å²) in [7, 11) is -3.99. The molecule has 2 aromatic rings. The molecule has 0 aliphatic carbocycles. The predicted molar refractivity (Wildman–Crippen MR) is 112 cm³/mol. The normalized spacial score (nSPS) is 23.3. The molecule has 3 atom stereocenters. The Hall–Kier alpha value is -3.02. The first-order chi connectivity index (χ1) is 14.9. The molecule has 2 amide bonds. The Kier molecular flexibility index (Phi) is 5.90. The number of benzene rings is 2. The van der Waals surface area contributed by atoms with Crippen LogP contribution in [0.1, 0.15) is 12.8 Å². The molecule has 11 heteroatoms. The number of sulfonamides is 1. The van der Waals surface area contributed by atoms with E-state index in [9.17, 15) is 23.3 Å². The Morgan fingerprint density at radius 3 is 2.55 bits per heavy atom. The van der Waals surface area contributed by atoms with Crippen molar-refractivity contribution in [2.24, 2.45) is 0 Å². The van der Waals surface area contributed by atoms with Crippen molar-refractivity contribution in [2.45, 2.75) is 36.0 Å². The first-order valence-electron chi connectivity index (χ1n) is 9.87. The average Bonchev–Trinajstić information content (AvgIpc) is 2.74. The van der Waals surface area contributed by atoms with Gasteiger partial charge in [0.2, 0.25) is 10.0 Å². The summed E-state index contributed by atoms with van der Waals surface area (Å²) < 4.78 is 33.1. The van der Waals surface area contributed by atoms with Gasteiger partial charge in [-0.25, -0.2) is 13.2 Å². The summed E-state index contributed by atoms with van der Waals surface area (Å²) in [4.78, 5) is 22.2. The number of para-hydroxylation sites is 2. The number of nitrogens with one attached hydrogen (secondary N) is 2. The van der Waals surface area contributed by atoms with Crippen LogP contribution in [0.25, 0.3) is 0 Å². The smallest absolute Gasteiger partial charge is 0.319 e. The van der Waals surface area contributed by atoms with Gasteiger partial charge in [0.15, 0.2) is 4.90 Å². The molecule has 2 saturated heterocycles. The van der Waals surface area contributed by atoms with Gasteiger partial charge >= 0.3 is 6.03 Å². The molecule has 4 rings (SSSR count). The summed E-state index contributed by atoms with van der Waals surface area (Å²) in [5, 5.41) is 16.7. The van der Waals surface area contributed by atoms with Crippen molar-refractivity contribution in [3.05, 3.63) is 64.7 Å². The number of ether oxygens (including phenoxy) is 1. The number of carbonyl (C=O) groups is 1. The zero-order valence-electron chi connectivity index (χ0n) is 16.5. The molecular weight excluding hydrogens is 424 g/mol. The molecule has 2 aliphatic rings. The van der Waals surface area contributed by atoms with E-state index >= 15 is 0 Å². The predicted octanol–water partition coefficient (Wildman–Crippen LogP) is 2.34. The fourth-order valence-electron chi connectivity index (χ4n) is 3.90. The number of anilines is 1. The maximum atomic E-state index is 13.0. The number of nitrogens with zero attached hydrogens (tertiary/aromatic N) is 2. The van der Waals surface area contributed by atoms with Gasteiger partial charge in [-0.3, -0.25) is 10.1 Å². The molecule has 31 heavy (non-hydrogen) atoms. The molecule has 2 N–H and O–H groups in total. The molecule has 0 spiro atoms. The van der Waals surface area contributed by atoms with Gasteiger partial charge in [-0.1, -0.05) is 30.3 Å². The number of amides is 2. The minimum Gasteiger partial charge on any atom is -0.370 e. The highest BCUT2D eigenvalue weighted by molar-refractivity contribution is 7.89. The van der Waals surface area contributed by atoms with E-state index in [2.05, 4.69) is 10.6 Å². The van der Waals surface area contributed by atoms with Gasteiger partial charge in [0.1, 0.15) is 0 Å². The number of nitro benzene ring substituents is 1. The van der Waals surface area contributed by atoms with Crippen molar-refractivity contribution in [1.29, 1.82) is 0 Å². The number of nitro groups is 1. The van der Waals surface area contributed by atoms with E-state index < -0.39 is 20.6 Å². The van der Waals surface area contributed by atoms with E-state index in [1.54, 1.807) is 12.1 Å². The summed E-state index contributed by atoms with van der Waals surface area (Å²) in [5.41, 5.74) is 0.244. The monoisotopic (exact) mass is 446 g/mol. The van der Waals surface area contributed by atoms with Crippen LogP contribution in [0.3, 0.4) is 0 Å². The highest BCUT2D eigenvalue weighted by Crippen LogP contribution is 2.38. The van der Waals surface area contributed by atoms with E-state index in [0.717, 1.165) is 0 Å². The molecule has 2 aromatic carbocycles. The summed E-state index contributed by atoms with van der Waals surface area (Å²) in [6, 6.07) is 13.7. The lowest BCUT2D eigenvalue weighted by atomic mass is 9.92. The second kappa shape index (κ2) is 8.61. The van der Waals surface area contributed by atoms with Crippen LogP contribution in [0.2, 0.25) is 0 Å². The molecule has 0 saturated carbocycles. The van der Waals surface area contributed by atoms with Crippen LogP contribution in [0.15, 0.2) is 59.5 Å². The van der Waals surface area contributed by atoms with Gasteiger partial charge in [-0.15, -0.1) is 0 Å². The first kappa shape index (κ1) is 21.2. The summed E-state index contributed by atoms with van der Waals surface area (Å²) >= 11 is 0. The maximum Gasteiger partial charge on any atom is 0.319 e. The highest BCUT2D eigenvalue weighted by atomic mass is 32.2. The third kappa shape index (κ3) is 4.38. The van der Waals surface area contributed by atoms with Gasteiger partial charge in [0.05, 0.1) is 23.2 Å². The number of hydrogen-bond donors (Lipinski definition) is 2. The molecule has 0 unspecified atom stereocenters. The molecule has 0 radical (unpaired) electrons. The highest BCUT2D eigenvalue weighted by Gasteiger charge is 2.51. The van der Waals surface area contributed by atoms with Crippen molar-refractivity contribution >= 4 is 27.4 Å². The van der Waals surface area contributed by atoms with Crippen molar-refractivity contribution in [3.63, 3.8) is 0 Å². The van der Waals surface area contributed by atoms with Crippen molar-refractivity contribution < 1.29 is 22.9 Å². The van der Waals surface area contributed by atoms with Crippen molar-refractivity contribution in [1.82, 2.24) is 9.62 Å². The Morgan fingerprint density at radius 2 is 1.84 bits per heavy atom. The van der Waals surface area contributed by atoms with Crippen LogP contribution >= 0.6 is 0 Å². The number of hydrogen-bond acceptors (Lipinski definition) is 6. The number of rotatable bonds is 6. The van der Waals surface area contributed by atoms with Crippen molar-refractivity contribution in [2.75, 3.05) is 18.4 Å². The lowest BCUT2D eigenvalue weighted by molar-refractivity contribution is -0.387. The zero-order chi connectivity index (χ0) is 22.0. The summed E-state index contributed by atoms with van der Waals surface area (Å²) in [5.74, 6) is 0. The third-order valence-electron chi connectivity index (χ3n) is 5.48. The minimum atomic E-state index is -3.99. The van der Waals surface area contributed by atoms with E-state index in [1.807, 2.05) is 18.2 Å². The standard InChI is InChI=1S/C20H22N4O6S/c25-20(22-14-6-2-1-3-7-14)21-12-15-10-11-16-18(30-15)13-23(16)31(28,29)19-9-5-4-8-17(19)24(26)27/h1-9,15-16,18H,10-13H2,(H2,21,22,25)/t15-,16+,18+/m1/s1. The minimum absolute atomic E-state index is 0.131. The quantitative estimate of drug-likeness (QED) is 0.517. The topological polar surface area (TPSA) is 131 Å². The average molecular weight is 446 g/mol.